The van der Waals surface area contributed by atoms with Gasteiger partial charge in [-0.2, -0.15) is 4.80 Å². The van der Waals surface area contributed by atoms with Crippen LogP contribution in [0.2, 0.25) is 0 Å². The molecule has 0 radical (unpaired) electrons. The minimum Gasteiger partial charge on any atom is -0.360 e. The number of aromatic nitrogens is 5. The van der Waals surface area contributed by atoms with Crippen LogP contribution in [0.25, 0.3) is 22.3 Å². The molecule has 1 aliphatic rings. The van der Waals surface area contributed by atoms with Gasteiger partial charge in [0, 0.05) is 48.4 Å². The highest BCUT2D eigenvalue weighted by molar-refractivity contribution is 6.45. The van der Waals surface area contributed by atoms with Crippen molar-refractivity contribution in [3.63, 3.8) is 0 Å². The summed E-state index contributed by atoms with van der Waals surface area (Å²) in [7, 11) is 1.61. The van der Waals surface area contributed by atoms with E-state index in [4.69, 9.17) is 0 Å². The lowest BCUT2D eigenvalue weighted by atomic mass is 10.0. The molecule has 4 aromatic rings. The third-order valence-corrected chi connectivity index (χ3v) is 6.17. The Hall–Kier alpha value is -4.41. The Bertz CT molecular complexity index is 1450. The highest BCUT2D eigenvalue weighted by Crippen LogP contribution is 2.30. The third kappa shape index (κ3) is 3.94. The van der Waals surface area contributed by atoms with Crippen molar-refractivity contribution < 1.29 is 18.8 Å². The molecule has 2 aromatic heterocycles. The van der Waals surface area contributed by atoms with E-state index >= 15 is 0 Å². The number of amides is 2. The average molecular weight is 475 g/mol. The molecule has 1 fully saturated rings. The second kappa shape index (κ2) is 8.75. The molecule has 1 aliphatic heterocycles. The summed E-state index contributed by atoms with van der Waals surface area (Å²) in [6, 6.07) is 11.2. The molecule has 5 rings (SSSR count). The van der Waals surface area contributed by atoms with Crippen LogP contribution in [0.15, 0.2) is 48.7 Å². The minimum absolute atomic E-state index is 0.00107. The van der Waals surface area contributed by atoms with Crippen molar-refractivity contribution in [1.29, 1.82) is 0 Å². The Morgan fingerprint density at radius 3 is 2.54 bits per heavy atom. The zero-order chi connectivity index (χ0) is 24.7. The number of ketones is 1. The number of carbonyl (C=O) groups excluding carboxylic acids is 3. The van der Waals surface area contributed by atoms with Gasteiger partial charge in [-0.15, -0.1) is 10.2 Å². The smallest absolute Gasteiger partial charge is 0.295 e. The molecule has 1 saturated heterocycles. The second-order valence-corrected chi connectivity index (χ2v) is 8.44. The predicted molar refractivity (Wildman–Crippen MR) is 124 cm³/mol. The Labute approximate surface area is 199 Å². The largest absolute Gasteiger partial charge is 0.360 e. The molecular formula is C24H22FN7O3. The molecule has 1 N–H and O–H groups in total. The highest BCUT2D eigenvalue weighted by Gasteiger charge is 2.35. The number of halogens is 1. The van der Waals surface area contributed by atoms with Crippen LogP contribution in [0.4, 0.5) is 4.39 Å². The fourth-order valence-electron chi connectivity index (χ4n) is 4.42. The number of aromatic amines is 1. The van der Waals surface area contributed by atoms with Gasteiger partial charge in [0.25, 0.3) is 17.6 Å². The molecule has 0 spiro atoms. The molecule has 0 saturated carbocycles. The summed E-state index contributed by atoms with van der Waals surface area (Å²) in [5, 5.41) is 11.9. The minimum atomic E-state index is -0.825. The number of tetrazole rings is 1. The number of rotatable bonds is 4. The summed E-state index contributed by atoms with van der Waals surface area (Å²) in [5.74, 6) is -2.07. The van der Waals surface area contributed by atoms with Crippen LogP contribution in [-0.2, 0) is 11.8 Å². The number of fused-ring (bicyclic) bond motifs is 1. The van der Waals surface area contributed by atoms with Gasteiger partial charge < -0.3 is 14.8 Å². The normalized spacial score (nSPS) is 16.0. The maximum Gasteiger partial charge on any atom is 0.295 e. The molecule has 2 amide bonds. The van der Waals surface area contributed by atoms with E-state index in [9.17, 15) is 18.8 Å². The van der Waals surface area contributed by atoms with E-state index in [0.29, 0.717) is 23.2 Å². The van der Waals surface area contributed by atoms with Crippen molar-refractivity contribution in [3.8, 4) is 11.4 Å². The van der Waals surface area contributed by atoms with Crippen LogP contribution >= 0.6 is 0 Å². The van der Waals surface area contributed by atoms with E-state index in [0.717, 1.165) is 0 Å². The number of piperazine rings is 1. The summed E-state index contributed by atoms with van der Waals surface area (Å²) < 4.78 is 14.8. The number of hydrogen-bond acceptors (Lipinski definition) is 6. The van der Waals surface area contributed by atoms with Gasteiger partial charge in [0.15, 0.2) is 0 Å². The van der Waals surface area contributed by atoms with Crippen molar-refractivity contribution in [3.05, 3.63) is 65.6 Å². The molecule has 0 bridgehead atoms. The molecule has 0 aliphatic carbocycles. The van der Waals surface area contributed by atoms with Gasteiger partial charge in [0.2, 0.25) is 5.82 Å². The number of aryl methyl sites for hydroxylation is 1. The SMILES string of the molecule is CC1CN(C(=O)c2ccccc2)CCN1C(=O)C(=O)c1c[nH]c2c(-c3nnn(C)n3)ccc(F)c12. The second-order valence-electron chi connectivity index (χ2n) is 8.44. The van der Waals surface area contributed by atoms with E-state index in [-0.39, 0.29) is 41.8 Å². The first-order valence-corrected chi connectivity index (χ1v) is 11.1. The van der Waals surface area contributed by atoms with Crippen molar-refractivity contribution in [2.24, 2.45) is 7.05 Å². The fraction of sp³-hybridized carbons (Fsp3) is 0.250. The van der Waals surface area contributed by atoms with Crippen LogP contribution in [0, 0.1) is 5.82 Å². The first kappa shape index (κ1) is 22.4. The first-order chi connectivity index (χ1) is 16.8. The third-order valence-electron chi connectivity index (χ3n) is 6.17. The van der Waals surface area contributed by atoms with Gasteiger partial charge in [-0.05, 0) is 36.4 Å². The van der Waals surface area contributed by atoms with E-state index < -0.39 is 17.5 Å². The van der Waals surface area contributed by atoms with Crippen molar-refractivity contribution in [2.45, 2.75) is 13.0 Å². The maximum atomic E-state index is 14.8. The number of nitrogens with zero attached hydrogens (tertiary/aromatic N) is 6. The number of nitrogens with one attached hydrogen (secondary N) is 1. The summed E-state index contributed by atoms with van der Waals surface area (Å²) in [6.45, 7) is 2.56. The maximum absolute atomic E-state index is 14.8. The monoisotopic (exact) mass is 475 g/mol. The number of carbonyl (C=O) groups is 3. The molecule has 2 aromatic carbocycles. The molecule has 35 heavy (non-hydrogen) atoms. The Balaban J connectivity index is 1.38. The standard InChI is InChI=1S/C24H22FN7O3/c1-14-13-31(23(34)15-6-4-3-5-7-15)10-11-32(14)24(35)21(33)17-12-26-20-16(8-9-18(25)19(17)20)22-27-29-30(2)28-22/h3-9,12,14,26H,10-11,13H2,1-2H3. The molecule has 1 unspecified atom stereocenters. The van der Waals surface area contributed by atoms with Crippen LogP contribution in [0.5, 0.6) is 0 Å². The lowest BCUT2D eigenvalue weighted by molar-refractivity contribution is -0.130. The number of Topliss-reactive ketones (excluding diaryl/α,β-unsaturated/α-hetero) is 1. The summed E-state index contributed by atoms with van der Waals surface area (Å²) in [4.78, 5) is 46.4. The van der Waals surface area contributed by atoms with Crippen molar-refractivity contribution in [1.82, 2.24) is 35.0 Å². The van der Waals surface area contributed by atoms with Crippen LogP contribution in [0.1, 0.15) is 27.6 Å². The van der Waals surface area contributed by atoms with Gasteiger partial charge in [-0.25, -0.2) is 4.39 Å². The molecule has 178 valence electrons. The molecular weight excluding hydrogens is 453 g/mol. The summed E-state index contributed by atoms with van der Waals surface area (Å²) >= 11 is 0. The van der Waals surface area contributed by atoms with Crippen molar-refractivity contribution >= 4 is 28.5 Å². The van der Waals surface area contributed by atoms with Crippen LogP contribution in [0.3, 0.4) is 0 Å². The van der Waals surface area contributed by atoms with Gasteiger partial charge >= 0.3 is 0 Å². The van der Waals surface area contributed by atoms with Gasteiger partial charge in [0.05, 0.1) is 18.1 Å². The quantitative estimate of drug-likeness (QED) is 0.357. The Kier molecular flexibility index (Phi) is 5.59. The topological polar surface area (TPSA) is 117 Å². The Morgan fingerprint density at radius 1 is 1.09 bits per heavy atom. The van der Waals surface area contributed by atoms with Crippen molar-refractivity contribution in [2.75, 3.05) is 19.6 Å². The summed E-state index contributed by atoms with van der Waals surface area (Å²) in [5.41, 5.74) is 1.27. The molecule has 11 heteroatoms. The summed E-state index contributed by atoms with van der Waals surface area (Å²) in [6.07, 6.45) is 1.33. The molecule has 3 heterocycles. The average Bonchev–Trinajstić information content (AvgIpc) is 3.51. The van der Waals surface area contributed by atoms with E-state index in [1.807, 2.05) is 6.07 Å². The highest BCUT2D eigenvalue weighted by atomic mass is 19.1. The zero-order valence-corrected chi connectivity index (χ0v) is 19.1. The van der Waals surface area contributed by atoms with Gasteiger partial charge in [0.1, 0.15) is 5.82 Å². The van der Waals surface area contributed by atoms with Gasteiger partial charge in [-0.3, -0.25) is 14.4 Å². The predicted octanol–water partition coefficient (Wildman–Crippen LogP) is 2.05. The number of benzene rings is 2. The number of H-pyrrole nitrogens is 1. The van der Waals surface area contributed by atoms with E-state index in [1.54, 1.807) is 43.1 Å². The Morgan fingerprint density at radius 2 is 1.86 bits per heavy atom. The lowest BCUT2D eigenvalue weighted by Gasteiger charge is -2.39. The zero-order valence-electron chi connectivity index (χ0n) is 19.1. The molecule has 1 atom stereocenters. The van der Waals surface area contributed by atoms with Gasteiger partial charge in [-0.1, -0.05) is 18.2 Å². The fourth-order valence-corrected chi connectivity index (χ4v) is 4.42. The number of hydrogen-bond donors (Lipinski definition) is 1. The lowest BCUT2D eigenvalue weighted by Crippen LogP contribution is -2.56. The first-order valence-electron chi connectivity index (χ1n) is 11.1. The van der Waals surface area contributed by atoms with E-state index in [1.165, 1.54) is 28.0 Å². The molecule has 10 nitrogen and oxygen atoms in total. The van der Waals surface area contributed by atoms with Crippen LogP contribution < -0.4 is 0 Å². The van der Waals surface area contributed by atoms with E-state index in [2.05, 4.69) is 20.4 Å². The van der Waals surface area contributed by atoms with Crippen LogP contribution in [-0.4, -0.2) is 78.3 Å².